The Balaban J connectivity index is 1.55. The van der Waals surface area contributed by atoms with Crippen LogP contribution in [0.2, 0.25) is 0 Å². The van der Waals surface area contributed by atoms with E-state index in [1.54, 1.807) is 11.3 Å². The fourth-order valence-corrected chi connectivity index (χ4v) is 3.74. The van der Waals surface area contributed by atoms with Crippen LogP contribution in [-0.2, 0) is 13.0 Å². The van der Waals surface area contributed by atoms with Crippen LogP contribution in [0.4, 0.5) is 0 Å². The van der Waals surface area contributed by atoms with Gasteiger partial charge in [0.05, 0.1) is 6.54 Å². The van der Waals surface area contributed by atoms with Crippen LogP contribution >= 0.6 is 11.3 Å². The predicted octanol–water partition coefficient (Wildman–Crippen LogP) is 3.53. The number of guanidine groups is 1. The average Bonchev–Trinajstić information content (AvgIpc) is 3.08. The van der Waals surface area contributed by atoms with Gasteiger partial charge in [0, 0.05) is 24.4 Å². The third-order valence-electron chi connectivity index (χ3n) is 4.24. The Labute approximate surface area is 136 Å². The molecule has 0 aliphatic heterocycles. The summed E-state index contributed by atoms with van der Waals surface area (Å²) in [5.74, 6) is 1.47. The van der Waals surface area contributed by atoms with E-state index >= 15 is 0 Å². The number of rotatable bonds is 4. The molecule has 1 aromatic carbocycles. The van der Waals surface area contributed by atoms with Crippen molar-refractivity contribution in [2.45, 2.75) is 31.7 Å². The summed E-state index contributed by atoms with van der Waals surface area (Å²) in [7, 11) is 1.83. The van der Waals surface area contributed by atoms with Gasteiger partial charge in [-0.3, -0.25) is 4.99 Å². The summed E-state index contributed by atoms with van der Waals surface area (Å²) in [4.78, 5) is 5.65. The lowest BCUT2D eigenvalue weighted by Crippen LogP contribution is -2.39. The number of hydrogen-bond acceptors (Lipinski definition) is 2. The second-order valence-corrected chi connectivity index (χ2v) is 6.71. The minimum atomic E-state index is 0.588. The van der Waals surface area contributed by atoms with E-state index in [2.05, 4.69) is 57.4 Å². The van der Waals surface area contributed by atoms with Crippen LogP contribution < -0.4 is 10.6 Å². The minimum Gasteiger partial charge on any atom is -0.356 e. The van der Waals surface area contributed by atoms with E-state index < -0.39 is 0 Å². The van der Waals surface area contributed by atoms with Crippen molar-refractivity contribution in [3.05, 3.63) is 57.8 Å². The molecular formula is C18H23N3S. The lowest BCUT2D eigenvalue weighted by atomic mass is 9.83. The predicted molar refractivity (Wildman–Crippen MR) is 94.6 cm³/mol. The summed E-state index contributed by atoms with van der Waals surface area (Å²) in [6.45, 7) is 1.78. The monoisotopic (exact) mass is 313 g/mol. The molecule has 0 saturated heterocycles. The maximum absolute atomic E-state index is 4.33. The quantitative estimate of drug-likeness (QED) is 0.669. The number of fused-ring (bicyclic) bond motifs is 1. The summed E-state index contributed by atoms with van der Waals surface area (Å²) in [6.07, 6.45) is 3.76. The number of aryl methyl sites for hydroxylation is 1. The van der Waals surface area contributed by atoms with Gasteiger partial charge in [-0.2, -0.15) is 0 Å². The maximum Gasteiger partial charge on any atom is 0.191 e. The van der Waals surface area contributed by atoms with E-state index in [4.69, 9.17) is 0 Å². The van der Waals surface area contributed by atoms with Crippen LogP contribution in [0, 0.1) is 0 Å². The molecule has 3 nitrogen and oxygen atoms in total. The third-order valence-corrected chi connectivity index (χ3v) is 5.12. The van der Waals surface area contributed by atoms with Crippen LogP contribution in [0.3, 0.4) is 0 Å². The molecule has 0 saturated carbocycles. The van der Waals surface area contributed by atoms with E-state index in [9.17, 15) is 0 Å². The van der Waals surface area contributed by atoms with Crippen molar-refractivity contribution in [2.24, 2.45) is 4.99 Å². The Bertz CT molecular complexity index is 619. The van der Waals surface area contributed by atoms with Crippen molar-refractivity contribution >= 4 is 17.3 Å². The first kappa shape index (κ1) is 15.1. The van der Waals surface area contributed by atoms with E-state index in [1.165, 1.54) is 35.3 Å². The van der Waals surface area contributed by atoms with Gasteiger partial charge in [-0.1, -0.05) is 30.3 Å². The van der Waals surface area contributed by atoms with E-state index in [-0.39, 0.29) is 0 Å². The van der Waals surface area contributed by atoms with Crippen LogP contribution in [-0.4, -0.2) is 19.6 Å². The summed E-state index contributed by atoms with van der Waals surface area (Å²) in [5.41, 5.74) is 3.03. The first-order chi connectivity index (χ1) is 10.9. The summed E-state index contributed by atoms with van der Waals surface area (Å²) in [6, 6.07) is 13.1. The second-order valence-electron chi connectivity index (χ2n) is 5.67. The molecule has 1 atom stereocenters. The first-order valence-corrected chi connectivity index (χ1v) is 8.79. The molecule has 1 unspecified atom stereocenters. The normalized spacial score (nSPS) is 17.9. The highest BCUT2D eigenvalue weighted by Crippen LogP contribution is 2.30. The molecule has 2 aromatic rings. The van der Waals surface area contributed by atoms with Crippen LogP contribution in [0.25, 0.3) is 0 Å². The van der Waals surface area contributed by atoms with Crippen LogP contribution in [0.1, 0.15) is 34.8 Å². The van der Waals surface area contributed by atoms with Gasteiger partial charge in [-0.05, 0) is 41.8 Å². The highest BCUT2D eigenvalue weighted by molar-refractivity contribution is 7.09. The number of thiophene rings is 1. The SMILES string of the molecule is CN=C(NCc1cccs1)NCC1CCCc2ccccc21. The van der Waals surface area contributed by atoms with Gasteiger partial charge < -0.3 is 10.6 Å². The van der Waals surface area contributed by atoms with Gasteiger partial charge in [0.25, 0.3) is 0 Å². The van der Waals surface area contributed by atoms with Crippen molar-refractivity contribution in [2.75, 3.05) is 13.6 Å². The zero-order chi connectivity index (χ0) is 15.2. The smallest absolute Gasteiger partial charge is 0.191 e. The Morgan fingerprint density at radius 1 is 1.23 bits per heavy atom. The summed E-state index contributed by atoms with van der Waals surface area (Å²) < 4.78 is 0. The lowest BCUT2D eigenvalue weighted by Gasteiger charge is -2.26. The van der Waals surface area contributed by atoms with Crippen molar-refractivity contribution in [1.29, 1.82) is 0 Å². The zero-order valence-corrected chi connectivity index (χ0v) is 13.8. The Morgan fingerprint density at radius 3 is 2.95 bits per heavy atom. The van der Waals surface area contributed by atoms with Gasteiger partial charge in [-0.15, -0.1) is 11.3 Å². The highest BCUT2D eigenvalue weighted by atomic mass is 32.1. The van der Waals surface area contributed by atoms with E-state index in [0.717, 1.165) is 19.0 Å². The fourth-order valence-electron chi connectivity index (χ4n) is 3.09. The lowest BCUT2D eigenvalue weighted by molar-refractivity contribution is 0.540. The largest absolute Gasteiger partial charge is 0.356 e. The number of nitrogens with one attached hydrogen (secondary N) is 2. The van der Waals surface area contributed by atoms with Gasteiger partial charge in [0.2, 0.25) is 0 Å². The van der Waals surface area contributed by atoms with Gasteiger partial charge >= 0.3 is 0 Å². The number of nitrogens with zero attached hydrogens (tertiary/aromatic N) is 1. The van der Waals surface area contributed by atoms with Gasteiger partial charge in [0.1, 0.15) is 0 Å². The van der Waals surface area contributed by atoms with Crippen molar-refractivity contribution in [3.8, 4) is 0 Å². The number of hydrogen-bond donors (Lipinski definition) is 2. The summed E-state index contributed by atoms with van der Waals surface area (Å²) in [5, 5.41) is 8.97. The molecule has 0 fully saturated rings. The van der Waals surface area contributed by atoms with Gasteiger partial charge in [0.15, 0.2) is 5.96 Å². The Kier molecular flexibility index (Phi) is 5.11. The van der Waals surface area contributed by atoms with Crippen molar-refractivity contribution in [1.82, 2.24) is 10.6 Å². The molecule has 0 radical (unpaired) electrons. The van der Waals surface area contributed by atoms with E-state index in [0.29, 0.717) is 5.92 Å². The number of benzene rings is 1. The molecule has 1 aliphatic rings. The molecule has 1 aromatic heterocycles. The van der Waals surface area contributed by atoms with Crippen LogP contribution in [0.5, 0.6) is 0 Å². The average molecular weight is 313 g/mol. The molecule has 1 aliphatic carbocycles. The molecule has 3 rings (SSSR count). The second kappa shape index (κ2) is 7.45. The Morgan fingerprint density at radius 2 is 2.14 bits per heavy atom. The first-order valence-electron chi connectivity index (χ1n) is 7.91. The molecular weight excluding hydrogens is 290 g/mol. The zero-order valence-electron chi connectivity index (χ0n) is 13.0. The molecule has 116 valence electrons. The van der Waals surface area contributed by atoms with E-state index in [1.807, 2.05) is 7.05 Å². The maximum atomic E-state index is 4.33. The molecule has 1 heterocycles. The topological polar surface area (TPSA) is 36.4 Å². The highest BCUT2D eigenvalue weighted by Gasteiger charge is 2.19. The van der Waals surface area contributed by atoms with Gasteiger partial charge in [-0.25, -0.2) is 0 Å². The third kappa shape index (κ3) is 3.69. The minimum absolute atomic E-state index is 0.588. The standard InChI is InChI=1S/C18H23N3S/c1-19-18(21-13-16-9-5-11-22-16)20-12-15-8-4-7-14-6-2-3-10-17(14)15/h2-3,5-6,9-11,15H,4,7-8,12-13H2,1H3,(H2,19,20,21). The molecule has 2 N–H and O–H groups in total. The molecule has 0 bridgehead atoms. The van der Waals surface area contributed by atoms with Crippen LogP contribution in [0.15, 0.2) is 46.8 Å². The molecule has 4 heteroatoms. The fraction of sp³-hybridized carbons (Fsp3) is 0.389. The summed E-state index contributed by atoms with van der Waals surface area (Å²) >= 11 is 1.77. The van der Waals surface area contributed by atoms with Crippen molar-refractivity contribution in [3.63, 3.8) is 0 Å². The van der Waals surface area contributed by atoms with Crippen molar-refractivity contribution < 1.29 is 0 Å². The molecule has 0 amide bonds. The molecule has 22 heavy (non-hydrogen) atoms. The Hall–Kier alpha value is -1.81. The number of aliphatic imine (C=N–C) groups is 1. The molecule has 0 spiro atoms.